The summed E-state index contributed by atoms with van der Waals surface area (Å²) < 4.78 is 5.12. The number of aryl methyl sites for hydroxylation is 1. The Labute approximate surface area is 120 Å². The largest absolute Gasteiger partial charge is 0.495 e. The van der Waals surface area contributed by atoms with Crippen LogP contribution in [0.3, 0.4) is 0 Å². The zero-order valence-electron chi connectivity index (χ0n) is 11.1. The van der Waals surface area contributed by atoms with Gasteiger partial charge in [0.25, 0.3) is 0 Å². The van der Waals surface area contributed by atoms with Crippen LogP contribution < -0.4 is 10.1 Å². The number of benzene rings is 1. The van der Waals surface area contributed by atoms with Gasteiger partial charge in [0.15, 0.2) is 0 Å². The number of halogens is 2. The van der Waals surface area contributed by atoms with Gasteiger partial charge in [-0.15, -0.1) is 0 Å². The van der Waals surface area contributed by atoms with E-state index in [4.69, 9.17) is 27.9 Å². The number of hydrogen-bond acceptors (Lipinski definition) is 2. The Hall–Kier alpha value is -0.440. The monoisotopic (exact) mass is 289 g/mol. The van der Waals surface area contributed by atoms with Crippen molar-refractivity contribution in [3.63, 3.8) is 0 Å². The van der Waals surface area contributed by atoms with Gasteiger partial charge in [0.1, 0.15) is 5.75 Å². The van der Waals surface area contributed by atoms with Crippen molar-refractivity contribution in [2.24, 2.45) is 0 Å². The average molecular weight is 290 g/mol. The maximum atomic E-state index is 6.19. The van der Waals surface area contributed by atoms with Crippen molar-refractivity contribution in [1.82, 2.24) is 5.32 Å². The number of ether oxygens (including phenoxy) is 1. The molecule has 0 saturated carbocycles. The Kier molecular flexibility index (Phi) is 7.48. The van der Waals surface area contributed by atoms with Crippen molar-refractivity contribution in [2.45, 2.75) is 32.6 Å². The van der Waals surface area contributed by atoms with E-state index < -0.39 is 0 Å². The highest BCUT2D eigenvalue weighted by atomic mass is 35.5. The quantitative estimate of drug-likeness (QED) is 0.720. The third-order valence-electron chi connectivity index (χ3n) is 2.80. The molecule has 0 fully saturated rings. The van der Waals surface area contributed by atoms with E-state index in [0.717, 1.165) is 42.9 Å². The van der Waals surface area contributed by atoms with Crippen LogP contribution in [0.15, 0.2) is 12.1 Å². The van der Waals surface area contributed by atoms with Gasteiger partial charge in [-0.25, -0.2) is 0 Å². The molecule has 0 amide bonds. The molecule has 0 heterocycles. The highest BCUT2D eigenvalue weighted by Gasteiger charge is 2.07. The summed E-state index contributed by atoms with van der Waals surface area (Å²) in [5.41, 5.74) is 1.10. The fourth-order valence-electron chi connectivity index (χ4n) is 1.79. The lowest BCUT2D eigenvalue weighted by molar-refractivity contribution is 0.415. The van der Waals surface area contributed by atoms with Gasteiger partial charge in [-0.05, 0) is 50.4 Å². The molecule has 1 rings (SSSR count). The summed E-state index contributed by atoms with van der Waals surface area (Å²) in [6.45, 7) is 4.33. The number of hydrogen-bond donors (Lipinski definition) is 1. The smallest absolute Gasteiger partial charge is 0.138 e. The second-order valence-corrected chi connectivity index (χ2v) is 5.10. The molecule has 0 radical (unpaired) electrons. The Balaban J connectivity index is 2.40. The molecular formula is C14H21Cl2NO. The van der Waals surface area contributed by atoms with Gasteiger partial charge in [-0.2, -0.15) is 0 Å². The summed E-state index contributed by atoms with van der Waals surface area (Å²) >= 11 is 12.3. The minimum Gasteiger partial charge on any atom is -0.495 e. The summed E-state index contributed by atoms with van der Waals surface area (Å²) in [5, 5.41) is 4.75. The van der Waals surface area contributed by atoms with Gasteiger partial charge in [-0.1, -0.05) is 30.1 Å². The first-order valence-corrected chi connectivity index (χ1v) is 7.17. The molecular weight excluding hydrogens is 269 g/mol. The summed E-state index contributed by atoms with van der Waals surface area (Å²) in [6.07, 6.45) is 4.40. The zero-order chi connectivity index (χ0) is 13.4. The van der Waals surface area contributed by atoms with E-state index in [1.807, 2.05) is 6.07 Å². The van der Waals surface area contributed by atoms with E-state index in [1.54, 1.807) is 13.2 Å². The molecule has 0 spiro atoms. The van der Waals surface area contributed by atoms with Gasteiger partial charge in [-0.3, -0.25) is 0 Å². The highest BCUT2D eigenvalue weighted by Crippen LogP contribution is 2.31. The predicted octanol–water partition coefficient (Wildman–Crippen LogP) is 4.32. The first-order valence-electron chi connectivity index (χ1n) is 6.41. The van der Waals surface area contributed by atoms with Gasteiger partial charge in [0, 0.05) is 11.1 Å². The third kappa shape index (κ3) is 5.05. The van der Waals surface area contributed by atoms with E-state index in [1.165, 1.54) is 6.42 Å². The molecule has 102 valence electrons. The molecule has 4 heteroatoms. The number of nitrogens with one attached hydrogen (secondary N) is 1. The standard InChI is InChI=1S/C14H21Cl2NO/c1-3-7-17-8-5-4-6-11-9-13(16)14(18-2)10-12(11)15/h9-10,17H,3-8H2,1-2H3. The minimum absolute atomic E-state index is 0.626. The SMILES string of the molecule is CCCNCCCCc1cc(Cl)c(OC)cc1Cl. The molecule has 0 bridgehead atoms. The van der Waals surface area contributed by atoms with Crippen molar-refractivity contribution in [1.29, 1.82) is 0 Å². The van der Waals surface area contributed by atoms with Crippen molar-refractivity contribution in [3.8, 4) is 5.75 Å². The van der Waals surface area contributed by atoms with Crippen molar-refractivity contribution >= 4 is 23.2 Å². The average Bonchev–Trinajstić information content (AvgIpc) is 2.37. The number of unbranched alkanes of at least 4 members (excludes halogenated alkanes) is 1. The Morgan fingerprint density at radius 3 is 2.56 bits per heavy atom. The summed E-state index contributed by atoms with van der Waals surface area (Å²) in [4.78, 5) is 0. The molecule has 0 atom stereocenters. The van der Waals surface area contributed by atoms with E-state index in [0.29, 0.717) is 10.8 Å². The van der Waals surface area contributed by atoms with Crippen LogP contribution in [0.5, 0.6) is 5.75 Å². The Morgan fingerprint density at radius 1 is 1.11 bits per heavy atom. The van der Waals surface area contributed by atoms with E-state index in [-0.39, 0.29) is 0 Å². The van der Waals surface area contributed by atoms with Crippen LogP contribution in [0.4, 0.5) is 0 Å². The molecule has 18 heavy (non-hydrogen) atoms. The number of rotatable bonds is 8. The molecule has 0 saturated heterocycles. The zero-order valence-corrected chi connectivity index (χ0v) is 12.6. The van der Waals surface area contributed by atoms with E-state index in [9.17, 15) is 0 Å². The second-order valence-electron chi connectivity index (χ2n) is 4.29. The summed E-state index contributed by atoms with van der Waals surface area (Å²) in [7, 11) is 1.59. The van der Waals surface area contributed by atoms with Gasteiger partial charge in [0.2, 0.25) is 0 Å². The lowest BCUT2D eigenvalue weighted by atomic mass is 10.1. The molecule has 1 aromatic carbocycles. The van der Waals surface area contributed by atoms with Gasteiger partial charge in [0.05, 0.1) is 12.1 Å². The van der Waals surface area contributed by atoms with Crippen LogP contribution in [0.1, 0.15) is 31.7 Å². The molecule has 0 unspecified atom stereocenters. The fourth-order valence-corrected chi connectivity index (χ4v) is 2.30. The maximum Gasteiger partial charge on any atom is 0.138 e. The van der Waals surface area contributed by atoms with Crippen molar-refractivity contribution in [2.75, 3.05) is 20.2 Å². The van der Waals surface area contributed by atoms with Crippen LogP contribution in [0, 0.1) is 0 Å². The lowest BCUT2D eigenvalue weighted by Gasteiger charge is -2.09. The van der Waals surface area contributed by atoms with Crippen LogP contribution in [-0.2, 0) is 6.42 Å². The molecule has 0 aromatic heterocycles. The van der Waals surface area contributed by atoms with Gasteiger partial charge < -0.3 is 10.1 Å². The molecule has 1 aromatic rings. The Bertz CT molecular complexity index is 369. The number of methoxy groups -OCH3 is 1. The molecule has 2 nitrogen and oxygen atoms in total. The lowest BCUT2D eigenvalue weighted by Crippen LogP contribution is -2.15. The molecule has 0 aliphatic rings. The summed E-state index contributed by atoms with van der Waals surface area (Å²) in [5.74, 6) is 0.634. The molecule has 0 aliphatic carbocycles. The first-order chi connectivity index (χ1) is 8.69. The highest BCUT2D eigenvalue weighted by molar-refractivity contribution is 6.34. The summed E-state index contributed by atoms with van der Waals surface area (Å²) in [6, 6.07) is 3.69. The molecule has 1 N–H and O–H groups in total. The van der Waals surface area contributed by atoms with Crippen LogP contribution in [0.2, 0.25) is 10.0 Å². The van der Waals surface area contributed by atoms with Crippen molar-refractivity contribution in [3.05, 3.63) is 27.7 Å². The normalized spacial score (nSPS) is 10.7. The topological polar surface area (TPSA) is 21.3 Å². The fraction of sp³-hybridized carbons (Fsp3) is 0.571. The maximum absolute atomic E-state index is 6.19. The van der Waals surface area contributed by atoms with Crippen LogP contribution in [0.25, 0.3) is 0 Å². The predicted molar refractivity (Wildman–Crippen MR) is 79.1 cm³/mol. The third-order valence-corrected chi connectivity index (χ3v) is 3.44. The van der Waals surface area contributed by atoms with Crippen molar-refractivity contribution < 1.29 is 4.74 Å². The first kappa shape index (κ1) is 15.6. The van der Waals surface area contributed by atoms with E-state index in [2.05, 4.69) is 12.2 Å². The van der Waals surface area contributed by atoms with Crippen LogP contribution in [-0.4, -0.2) is 20.2 Å². The Morgan fingerprint density at radius 2 is 1.89 bits per heavy atom. The molecule has 0 aliphatic heterocycles. The van der Waals surface area contributed by atoms with Gasteiger partial charge >= 0.3 is 0 Å². The second kappa shape index (κ2) is 8.63. The van der Waals surface area contributed by atoms with E-state index >= 15 is 0 Å². The van der Waals surface area contributed by atoms with Crippen LogP contribution >= 0.6 is 23.2 Å². The minimum atomic E-state index is 0.626.